The van der Waals surface area contributed by atoms with Gasteiger partial charge in [0.05, 0.1) is 23.6 Å². The van der Waals surface area contributed by atoms with Crippen molar-refractivity contribution in [2.75, 3.05) is 30.7 Å². The van der Waals surface area contributed by atoms with Crippen molar-refractivity contribution >= 4 is 26.6 Å². The summed E-state index contributed by atoms with van der Waals surface area (Å²) in [4.78, 5) is 0. The maximum atomic E-state index is 14.4. The van der Waals surface area contributed by atoms with E-state index in [0.717, 1.165) is 6.26 Å². The lowest BCUT2D eigenvalue weighted by atomic mass is 10.1. The van der Waals surface area contributed by atoms with Gasteiger partial charge >= 0.3 is 6.18 Å². The second-order valence-electron chi connectivity index (χ2n) is 6.93. The van der Waals surface area contributed by atoms with Gasteiger partial charge in [-0.25, -0.2) is 12.8 Å². The Morgan fingerprint density at radius 2 is 2.00 bits per heavy atom. The van der Waals surface area contributed by atoms with E-state index in [-0.39, 0.29) is 41.9 Å². The standard InChI is InChI=1S/C19H20F4N4O4S/c1-32(29,30)27-14-4-2-3-13(17(14)20)16(28)10-24-7-8-31-11-5-6-12-15(9-11)25-26-18(12)19(21,22)23/h2-6,9,16,24,27-28H,7-8,10H2,1H3,(H,25,26)/t16-/m1/s1. The number of hydrogen-bond donors (Lipinski definition) is 4. The highest BCUT2D eigenvalue weighted by atomic mass is 32.2. The quantitative estimate of drug-likeness (QED) is 0.279. The number of aromatic nitrogens is 2. The minimum atomic E-state index is -4.56. The van der Waals surface area contributed by atoms with Crippen molar-refractivity contribution in [2.24, 2.45) is 0 Å². The number of alkyl halides is 3. The highest BCUT2D eigenvalue weighted by Crippen LogP contribution is 2.34. The predicted molar refractivity (Wildman–Crippen MR) is 109 cm³/mol. The van der Waals surface area contributed by atoms with E-state index in [4.69, 9.17) is 4.74 Å². The maximum absolute atomic E-state index is 14.4. The van der Waals surface area contributed by atoms with Gasteiger partial charge < -0.3 is 15.2 Å². The molecule has 1 aromatic heterocycles. The van der Waals surface area contributed by atoms with E-state index < -0.39 is 33.8 Å². The highest BCUT2D eigenvalue weighted by Gasteiger charge is 2.35. The Bertz CT molecular complexity index is 1200. The molecule has 1 heterocycles. The Hall–Kier alpha value is -2.90. The van der Waals surface area contributed by atoms with Crippen molar-refractivity contribution in [1.29, 1.82) is 0 Å². The predicted octanol–water partition coefficient (Wildman–Crippen LogP) is 2.79. The van der Waals surface area contributed by atoms with Crippen LogP contribution in [0.5, 0.6) is 5.75 Å². The largest absolute Gasteiger partial charge is 0.492 e. The van der Waals surface area contributed by atoms with Crippen LogP contribution in [0.4, 0.5) is 23.2 Å². The number of anilines is 1. The summed E-state index contributed by atoms with van der Waals surface area (Å²) < 4.78 is 83.1. The fourth-order valence-electron chi connectivity index (χ4n) is 2.98. The lowest BCUT2D eigenvalue weighted by Crippen LogP contribution is -2.26. The van der Waals surface area contributed by atoms with Gasteiger partial charge in [0.15, 0.2) is 11.5 Å². The van der Waals surface area contributed by atoms with Crippen LogP contribution in [0.3, 0.4) is 0 Å². The molecule has 0 radical (unpaired) electrons. The molecule has 13 heteroatoms. The van der Waals surface area contributed by atoms with Crippen LogP contribution in [-0.2, 0) is 16.2 Å². The summed E-state index contributed by atoms with van der Waals surface area (Å²) in [6.07, 6.45) is -4.93. The molecule has 174 valence electrons. The normalized spacial score (nSPS) is 13.3. The smallest absolute Gasteiger partial charge is 0.435 e. The van der Waals surface area contributed by atoms with E-state index in [0.29, 0.717) is 5.75 Å². The summed E-state index contributed by atoms with van der Waals surface area (Å²) in [6.45, 7) is 0.322. The van der Waals surface area contributed by atoms with Crippen molar-refractivity contribution in [3.8, 4) is 5.75 Å². The van der Waals surface area contributed by atoms with E-state index in [1.807, 2.05) is 4.72 Å². The number of aliphatic hydroxyl groups is 1. The number of fused-ring (bicyclic) bond motifs is 1. The first-order chi connectivity index (χ1) is 15.0. The van der Waals surface area contributed by atoms with Crippen LogP contribution in [0.15, 0.2) is 36.4 Å². The summed E-state index contributed by atoms with van der Waals surface area (Å²) in [6, 6.07) is 8.02. The molecular formula is C19H20F4N4O4S. The van der Waals surface area contributed by atoms with E-state index in [1.54, 1.807) is 0 Å². The molecule has 0 unspecified atom stereocenters. The Balaban J connectivity index is 1.51. The SMILES string of the molecule is CS(=O)(=O)Nc1cccc([C@H](O)CNCCOc2ccc3c(C(F)(F)F)n[nH]c3c2)c1F. The summed E-state index contributed by atoms with van der Waals surface area (Å²) in [5, 5.41) is 18.6. The maximum Gasteiger partial charge on any atom is 0.435 e. The number of benzene rings is 2. The summed E-state index contributed by atoms with van der Waals surface area (Å²) in [5.41, 5.74) is -1.18. The molecule has 32 heavy (non-hydrogen) atoms. The summed E-state index contributed by atoms with van der Waals surface area (Å²) >= 11 is 0. The van der Waals surface area contributed by atoms with Gasteiger partial charge in [-0.3, -0.25) is 9.82 Å². The molecule has 0 fully saturated rings. The number of aromatic amines is 1. The lowest BCUT2D eigenvalue weighted by Gasteiger charge is -2.15. The Labute approximate surface area is 180 Å². The molecule has 2 aromatic carbocycles. The zero-order valence-corrected chi connectivity index (χ0v) is 17.5. The molecular weight excluding hydrogens is 456 g/mol. The third-order valence-electron chi connectivity index (χ3n) is 4.37. The second-order valence-corrected chi connectivity index (χ2v) is 8.68. The molecule has 0 saturated heterocycles. The third-order valence-corrected chi connectivity index (χ3v) is 4.96. The van der Waals surface area contributed by atoms with E-state index in [2.05, 4.69) is 15.5 Å². The van der Waals surface area contributed by atoms with Crippen molar-refractivity contribution < 1.29 is 35.8 Å². The number of rotatable bonds is 9. The topological polar surface area (TPSA) is 116 Å². The number of H-pyrrole nitrogens is 1. The number of halogens is 4. The molecule has 0 saturated carbocycles. The minimum absolute atomic E-state index is 0.0445. The van der Waals surface area contributed by atoms with Crippen LogP contribution in [0.1, 0.15) is 17.4 Å². The summed E-state index contributed by atoms with van der Waals surface area (Å²) in [7, 11) is -3.68. The highest BCUT2D eigenvalue weighted by molar-refractivity contribution is 7.92. The van der Waals surface area contributed by atoms with Crippen molar-refractivity contribution in [1.82, 2.24) is 15.5 Å². The molecule has 0 aliphatic rings. The number of ether oxygens (including phenoxy) is 1. The number of aliphatic hydroxyl groups excluding tert-OH is 1. The first kappa shape index (κ1) is 23.8. The average molecular weight is 476 g/mol. The van der Waals surface area contributed by atoms with Gasteiger partial charge in [0.2, 0.25) is 10.0 Å². The van der Waals surface area contributed by atoms with Crippen molar-refractivity contribution in [3.63, 3.8) is 0 Å². The molecule has 0 spiro atoms. The number of hydrogen-bond acceptors (Lipinski definition) is 6. The zero-order chi connectivity index (χ0) is 23.5. The van der Waals surface area contributed by atoms with Gasteiger partial charge in [-0.1, -0.05) is 12.1 Å². The Morgan fingerprint density at radius 1 is 1.25 bits per heavy atom. The van der Waals surface area contributed by atoms with Gasteiger partial charge in [-0.15, -0.1) is 0 Å². The minimum Gasteiger partial charge on any atom is -0.492 e. The van der Waals surface area contributed by atoms with E-state index in [1.165, 1.54) is 36.4 Å². The number of nitrogens with one attached hydrogen (secondary N) is 3. The van der Waals surface area contributed by atoms with Gasteiger partial charge in [0.1, 0.15) is 12.4 Å². The second kappa shape index (κ2) is 9.30. The van der Waals surface area contributed by atoms with E-state index in [9.17, 15) is 31.1 Å². The van der Waals surface area contributed by atoms with Gasteiger partial charge in [0, 0.05) is 30.1 Å². The van der Waals surface area contributed by atoms with E-state index >= 15 is 0 Å². The molecule has 3 rings (SSSR count). The lowest BCUT2D eigenvalue weighted by molar-refractivity contribution is -0.139. The zero-order valence-electron chi connectivity index (χ0n) is 16.7. The first-order valence-corrected chi connectivity index (χ1v) is 11.2. The number of sulfonamides is 1. The Morgan fingerprint density at radius 3 is 2.69 bits per heavy atom. The molecule has 1 atom stereocenters. The monoisotopic (exact) mass is 476 g/mol. The molecule has 0 amide bonds. The fraction of sp³-hybridized carbons (Fsp3) is 0.316. The number of nitrogens with zero attached hydrogens (tertiary/aromatic N) is 1. The average Bonchev–Trinajstić information content (AvgIpc) is 3.12. The van der Waals surface area contributed by atoms with Crippen LogP contribution < -0.4 is 14.8 Å². The van der Waals surface area contributed by atoms with Gasteiger partial charge in [0.25, 0.3) is 0 Å². The molecule has 8 nitrogen and oxygen atoms in total. The van der Waals surface area contributed by atoms with Gasteiger partial charge in [-0.05, 0) is 18.2 Å². The fourth-order valence-corrected chi connectivity index (χ4v) is 3.54. The van der Waals surface area contributed by atoms with Crippen LogP contribution in [0.2, 0.25) is 0 Å². The van der Waals surface area contributed by atoms with Gasteiger partial charge in [-0.2, -0.15) is 18.3 Å². The van der Waals surface area contributed by atoms with Crippen LogP contribution >= 0.6 is 0 Å². The molecule has 0 aliphatic heterocycles. The molecule has 0 bridgehead atoms. The molecule has 3 aromatic rings. The molecule has 4 N–H and O–H groups in total. The van der Waals surface area contributed by atoms with Crippen molar-refractivity contribution in [3.05, 3.63) is 53.5 Å². The van der Waals surface area contributed by atoms with Crippen molar-refractivity contribution in [2.45, 2.75) is 12.3 Å². The van der Waals surface area contributed by atoms with Crippen LogP contribution in [-0.4, -0.2) is 49.7 Å². The summed E-state index contributed by atoms with van der Waals surface area (Å²) in [5.74, 6) is -0.558. The molecule has 0 aliphatic carbocycles. The third kappa shape index (κ3) is 5.87. The van der Waals surface area contributed by atoms with Crippen LogP contribution in [0, 0.1) is 5.82 Å². The van der Waals surface area contributed by atoms with Crippen LogP contribution in [0.25, 0.3) is 10.9 Å². The first-order valence-electron chi connectivity index (χ1n) is 9.29. The Kier molecular flexibility index (Phi) is 6.91.